The molecular weight excluding hydrogens is 582 g/mol. The quantitative estimate of drug-likeness (QED) is 0.158. The van der Waals surface area contributed by atoms with Crippen molar-refractivity contribution in [2.45, 2.75) is 83.7 Å². The number of terminal acetylenes is 1. The lowest BCUT2D eigenvalue weighted by molar-refractivity contribution is 0.108. The van der Waals surface area contributed by atoms with Crippen LogP contribution in [0.5, 0.6) is 6.01 Å². The van der Waals surface area contributed by atoms with Gasteiger partial charge in [-0.25, -0.2) is 13.8 Å². The van der Waals surface area contributed by atoms with E-state index in [0.29, 0.717) is 46.3 Å². The van der Waals surface area contributed by atoms with Crippen LogP contribution in [0.25, 0.3) is 32.9 Å². The van der Waals surface area contributed by atoms with Crippen LogP contribution in [0.4, 0.5) is 14.6 Å². The molecule has 0 saturated carbocycles. The number of hydrogen-bond acceptors (Lipinski definition) is 7. The van der Waals surface area contributed by atoms with E-state index >= 15 is 4.39 Å². The Morgan fingerprint density at radius 2 is 1.87 bits per heavy atom. The second-order valence-corrected chi connectivity index (χ2v) is 12.4. The van der Waals surface area contributed by atoms with E-state index in [4.69, 9.17) is 26.1 Å². The summed E-state index contributed by atoms with van der Waals surface area (Å²) < 4.78 is 38.1. The Bertz CT molecular complexity index is 1760. The van der Waals surface area contributed by atoms with Crippen molar-refractivity contribution in [3.8, 4) is 29.6 Å². The second-order valence-electron chi connectivity index (χ2n) is 12.4. The number of halogens is 2. The molecule has 3 aliphatic heterocycles. The fourth-order valence-electron chi connectivity index (χ4n) is 7.49. The molecular formula is C37H44F2N6O. The van der Waals surface area contributed by atoms with E-state index in [-0.39, 0.29) is 34.4 Å². The van der Waals surface area contributed by atoms with Crippen molar-refractivity contribution in [3.05, 3.63) is 53.2 Å². The fourth-order valence-corrected chi connectivity index (χ4v) is 7.49. The lowest BCUT2D eigenvalue weighted by Crippen LogP contribution is -2.43. The highest BCUT2D eigenvalue weighted by atomic mass is 19.1. The fraction of sp³-hybridized carbons (Fsp3) is 0.486. The number of pyridine rings is 1. The first kappa shape index (κ1) is 32.1. The molecule has 0 radical (unpaired) electrons. The van der Waals surface area contributed by atoms with Gasteiger partial charge in [-0.05, 0) is 82.5 Å². The molecule has 2 N–H and O–H groups in total. The predicted octanol–water partition coefficient (Wildman–Crippen LogP) is 7.25. The maximum Gasteiger partial charge on any atom is 0.319 e. The number of rotatable bonds is 8. The molecule has 9 heteroatoms. The van der Waals surface area contributed by atoms with Gasteiger partial charge in [0.1, 0.15) is 29.5 Å². The van der Waals surface area contributed by atoms with E-state index in [1.54, 1.807) is 12.1 Å². The maximum absolute atomic E-state index is 16.9. The zero-order valence-electron chi connectivity index (χ0n) is 27.2. The largest absolute Gasteiger partial charge is 0.461 e. The van der Waals surface area contributed by atoms with E-state index < -0.39 is 11.6 Å². The molecule has 242 valence electrons. The zero-order valence-corrected chi connectivity index (χ0v) is 27.2. The van der Waals surface area contributed by atoms with Crippen molar-refractivity contribution in [1.29, 1.82) is 0 Å². The topological polar surface area (TPSA) is 75.2 Å². The van der Waals surface area contributed by atoms with Crippen LogP contribution in [-0.4, -0.2) is 64.2 Å². The van der Waals surface area contributed by atoms with Crippen molar-refractivity contribution in [1.82, 2.24) is 25.2 Å². The van der Waals surface area contributed by atoms with E-state index in [2.05, 4.69) is 28.4 Å². The summed E-state index contributed by atoms with van der Waals surface area (Å²) in [5, 5.41) is 8.85. The number of benzene rings is 2. The van der Waals surface area contributed by atoms with Gasteiger partial charge in [0, 0.05) is 23.5 Å². The molecule has 1 unspecified atom stereocenters. The molecule has 2 aromatic carbocycles. The van der Waals surface area contributed by atoms with Crippen LogP contribution in [-0.2, 0) is 6.42 Å². The molecule has 2 aromatic heterocycles. The van der Waals surface area contributed by atoms with Crippen molar-refractivity contribution in [2.75, 3.05) is 38.1 Å². The number of anilines is 1. The number of aromatic nitrogens is 3. The normalized spacial score (nSPS) is 18.7. The average Bonchev–Trinajstić information content (AvgIpc) is 3.65. The average molecular weight is 627 g/mol. The summed E-state index contributed by atoms with van der Waals surface area (Å²) in [6, 6.07) is 8.67. The number of nitrogens with zero attached hydrogens (tertiary/aromatic N) is 4. The number of ether oxygens (including phenoxy) is 1. The van der Waals surface area contributed by atoms with Crippen molar-refractivity contribution >= 4 is 27.5 Å². The second kappa shape index (κ2) is 13.9. The van der Waals surface area contributed by atoms with Crippen LogP contribution in [0.2, 0.25) is 0 Å². The minimum Gasteiger partial charge on any atom is -0.461 e. The Hall–Kier alpha value is -3.87. The Labute approximate surface area is 270 Å². The van der Waals surface area contributed by atoms with Gasteiger partial charge in [0.2, 0.25) is 0 Å². The highest BCUT2D eigenvalue weighted by molar-refractivity contribution is 6.02. The van der Waals surface area contributed by atoms with Gasteiger partial charge in [-0.1, -0.05) is 51.0 Å². The van der Waals surface area contributed by atoms with Gasteiger partial charge < -0.3 is 15.4 Å². The van der Waals surface area contributed by atoms with Crippen LogP contribution in [0.15, 0.2) is 30.3 Å². The maximum atomic E-state index is 16.9. The Balaban J connectivity index is 0.00000182. The molecule has 46 heavy (non-hydrogen) atoms. The molecule has 2 saturated heterocycles. The third kappa shape index (κ3) is 5.89. The first-order valence-electron chi connectivity index (χ1n) is 16.9. The lowest BCUT2D eigenvalue weighted by atomic mass is 9.95. The first-order valence-corrected chi connectivity index (χ1v) is 16.9. The Kier molecular flexibility index (Phi) is 9.67. The monoisotopic (exact) mass is 626 g/mol. The van der Waals surface area contributed by atoms with E-state index in [9.17, 15) is 4.39 Å². The Morgan fingerprint density at radius 3 is 2.63 bits per heavy atom. The van der Waals surface area contributed by atoms with Crippen molar-refractivity contribution in [2.24, 2.45) is 0 Å². The number of nitrogens with one attached hydrogen (secondary N) is 2. The van der Waals surface area contributed by atoms with Gasteiger partial charge in [0.15, 0.2) is 5.82 Å². The van der Waals surface area contributed by atoms with Crippen LogP contribution < -0.4 is 15.4 Å². The van der Waals surface area contributed by atoms with Gasteiger partial charge in [-0.3, -0.25) is 4.90 Å². The molecule has 0 aliphatic carbocycles. The van der Waals surface area contributed by atoms with E-state index in [1.807, 2.05) is 26.0 Å². The number of hydrogen-bond donors (Lipinski definition) is 2. The molecule has 0 amide bonds. The Morgan fingerprint density at radius 1 is 1.07 bits per heavy atom. The predicted molar refractivity (Wildman–Crippen MR) is 181 cm³/mol. The third-order valence-electron chi connectivity index (χ3n) is 9.64. The molecule has 2 fully saturated rings. The van der Waals surface area contributed by atoms with E-state index in [0.717, 1.165) is 71.1 Å². The molecule has 5 heterocycles. The smallest absolute Gasteiger partial charge is 0.319 e. The van der Waals surface area contributed by atoms with Gasteiger partial charge in [0.25, 0.3) is 0 Å². The molecule has 1 atom stereocenters. The molecule has 0 bridgehead atoms. The summed E-state index contributed by atoms with van der Waals surface area (Å²) in [5.74, 6) is 1.90. The summed E-state index contributed by atoms with van der Waals surface area (Å²) in [7, 11) is 0. The molecule has 3 aliphatic rings. The van der Waals surface area contributed by atoms with Crippen LogP contribution in [0.3, 0.4) is 0 Å². The molecule has 7 nitrogen and oxygen atoms in total. The molecule has 0 spiro atoms. The first-order chi connectivity index (χ1) is 22.5. The van der Waals surface area contributed by atoms with Gasteiger partial charge in [-0.15, -0.1) is 6.42 Å². The highest BCUT2D eigenvalue weighted by Gasteiger charge is 2.45. The summed E-state index contributed by atoms with van der Waals surface area (Å²) in [5.41, 5.74) is 1.50. The SMILES string of the molecule is C#Cc1c(F)ccc2cccc(-c3nc4c5c(nc(OCC67CCCN6CCC7)nc5c3F)NC(CNCCC)CCC4)c12.CC. The molecule has 4 aromatic rings. The minimum absolute atomic E-state index is 0.00425. The lowest BCUT2D eigenvalue weighted by Gasteiger charge is -2.31. The zero-order chi connectivity index (χ0) is 32.3. The standard InChI is InChI=1S/C35H38F2N6O.C2H6/c1-3-17-38-20-23-10-6-12-27-29-32(41-34(42-33(29)39-23)44-21-35-15-7-18-43(35)19-8-16-35)30(37)31(40-27)25-11-5-9-22-13-14-26(36)24(4-2)28(22)25;1-2/h2,5,9,11,13-14,23,38H,3,6-8,10,12,15-21H2,1H3,(H,39,41,42);1-2H3. The summed E-state index contributed by atoms with van der Waals surface area (Å²) in [4.78, 5) is 17.0. The summed E-state index contributed by atoms with van der Waals surface area (Å²) >= 11 is 0. The van der Waals surface area contributed by atoms with Crippen molar-refractivity contribution in [3.63, 3.8) is 0 Å². The van der Waals surface area contributed by atoms with Crippen LogP contribution in [0.1, 0.15) is 77.0 Å². The summed E-state index contributed by atoms with van der Waals surface area (Å²) in [6.07, 6.45) is 13.6. The van der Waals surface area contributed by atoms with E-state index in [1.165, 1.54) is 6.07 Å². The van der Waals surface area contributed by atoms with Crippen LogP contribution >= 0.6 is 0 Å². The third-order valence-corrected chi connectivity index (χ3v) is 9.64. The highest BCUT2D eigenvalue weighted by Crippen LogP contribution is 2.41. The molecule has 7 rings (SSSR count). The van der Waals surface area contributed by atoms with Gasteiger partial charge >= 0.3 is 6.01 Å². The van der Waals surface area contributed by atoms with Gasteiger partial charge in [0.05, 0.1) is 22.2 Å². The minimum atomic E-state index is -0.596. The number of aryl methyl sites for hydroxylation is 1. The summed E-state index contributed by atoms with van der Waals surface area (Å²) in [6.45, 7) is 10.5. The van der Waals surface area contributed by atoms with Crippen LogP contribution in [0, 0.1) is 24.0 Å². The number of fused-ring (bicyclic) bond motifs is 2. The van der Waals surface area contributed by atoms with Gasteiger partial charge in [-0.2, -0.15) is 9.97 Å². The van der Waals surface area contributed by atoms with Crippen molar-refractivity contribution < 1.29 is 13.5 Å².